The Hall–Kier alpha value is -0.0936. The van der Waals surface area contributed by atoms with E-state index in [1.54, 1.807) is 0 Å². The molecule has 0 spiro atoms. The molecule has 0 heterocycles. The van der Waals surface area contributed by atoms with E-state index in [9.17, 15) is 4.79 Å². The van der Waals surface area contributed by atoms with Gasteiger partial charge in [0.15, 0.2) is 14.1 Å². The van der Waals surface area contributed by atoms with Crippen LogP contribution in [-0.2, 0) is 26.3 Å². The molecule has 0 aromatic heterocycles. The van der Waals surface area contributed by atoms with Gasteiger partial charge in [-0.1, -0.05) is 0 Å². The van der Waals surface area contributed by atoms with Gasteiger partial charge in [0.1, 0.15) is 0 Å². The second-order valence-electron chi connectivity index (χ2n) is 3.96. The fourth-order valence-corrected chi connectivity index (χ4v) is 1.48. The van der Waals surface area contributed by atoms with Crippen molar-refractivity contribution in [1.29, 1.82) is 0 Å². The molecule has 0 atom stereocenters. The van der Waals surface area contributed by atoms with Crippen molar-refractivity contribution in [3.63, 3.8) is 0 Å². The maximum Gasteiger partial charge on any atom is 0.183 e. The molecule has 0 saturated carbocycles. The van der Waals surface area contributed by atoms with Crippen molar-refractivity contribution in [2.75, 3.05) is 6.61 Å². The largest absolute Gasteiger partial charge is 0.512 e. The summed E-state index contributed by atoms with van der Waals surface area (Å²) in [4.78, 5) is 11.0. The van der Waals surface area contributed by atoms with Gasteiger partial charge in [-0.2, -0.15) is 0 Å². The van der Waals surface area contributed by atoms with Gasteiger partial charge in [-0.3, -0.25) is 4.79 Å². The number of hydrogen-bond donors (Lipinski definition) is 1. The molecule has 0 unspecified atom stereocenters. The summed E-state index contributed by atoms with van der Waals surface area (Å²) in [5.74, 6) is -0.0312. The Labute approximate surface area is 97.1 Å². The van der Waals surface area contributed by atoms with Crippen LogP contribution in [0.4, 0.5) is 0 Å². The molecule has 3 nitrogen and oxygen atoms in total. The van der Waals surface area contributed by atoms with E-state index in [1.165, 1.54) is 13.0 Å². The average Bonchev–Trinajstić information content (AvgIpc) is 1.81. The first-order valence-corrected chi connectivity index (χ1v) is 7.76. The molecule has 0 fully saturated rings. The monoisotopic (exact) mass is 265 g/mol. The van der Waals surface area contributed by atoms with Gasteiger partial charge in [0, 0.05) is 36.2 Å². The van der Waals surface area contributed by atoms with Crippen molar-refractivity contribution >= 4 is 14.1 Å². The van der Waals surface area contributed by atoms with Crippen LogP contribution in [0.3, 0.4) is 0 Å². The van der Waals surface area contributed by atoms with E-state index in [4.69, 9.17) is 9.53 Å². The van der Waals surface area contributed by atoms with E-state index in [0.29, 0.717) is 13.0 Å². The average molecular weight is 266 g/mol. The minimum atomic E-state index is -1.50. The van der Waals surface area contributed by atoms with Crippen LogP contribution >= 0.6 is 0 Å². The van der Waals surface area contributed by atoms with Crippen LogP contribution in [0.1, 0.15) is 13.3 Å². The van der Waals surface area contributed by atoms with Crippen LogP contribution in [-0.4, -0.2) is 25.8 Å². The molecule has 0 aliphatic rings. The number of hydrogen-bond acceptors (Lipinski definition) is 3. The Morgan fingerprint density at radius 3 is 2.29 bits per heavy atom. The van der Waals surface area contributed by atoms with Crippen molar-refractivity contribution in [1.82, 2.24) is 0 Å². The van der Waals surface area contributed by atoms with E-state index in [0.717, 1.165) is 0 Å². The zero-order valence-corrected chi connectivity index (χ0v) is 11.0. The fraction of sp³-hybridized carbons (Fsp3) is 0.667. The molecule has 0 bridgehead atoms. The van der Waals surface area contributed by atoms with Gasteiger partial charge in [-0.05, 0) is 26.6 Å². The smallest absolute Gasteiger partial charge is 0.183 e. The summed E-state index contributed by atoms with van der Waals surface area (Å²) in [6, 6.07) is 0. The van der Waals surface area contributed by atoms with Gasteiger partial charge in [0.25, 0.3) is 0 Å². The topological polar surface area (TPSA) is 46.5 Å². The summed E-state index contributed by atoms with van der Waals surface area (Å²) in [5, 5.41) is 8.79. The maximum atomic E-state index is 11.0. The number of rotatable bonds is 5. The molecule has 0 aromatic carbocycles. The minimum absolute atomic E-state index is 0. The van der Waals surface area contributed by atoms with Crippen molar-refractivity contribution in [3.8, 4) is 0 Å². The zero-order valence-electron chi connectivity index (χ0n) is 9.06. The van der Waals surface area contributed by atoms with Gasteiger partial charge in [-0.25, -0.2) is 0 Å². The first-order chi connectivity index (χ1) is 5.81. The molecule has 0 saturated heterocycles. The number of carbonyl (C=O) groups excluding carboxylic acids is 1. The van der Waals surface area contributed by atoms with Gasteiger partial charge >= 0.3 is 0 Å². The van der Waals surface area contributed by atoms with Gasteiger partial charge in [0.2, 0.25) is 0 Å². The van der Waals surface area contributed by atoms with E-state index in [-0.39, 0.29) is 28.6 Å². The third-order valence-corrected chi connectivity index (χ3v) is 2.32. The summed E-state index contributed by atoms with van der Waals surface area (Å²) in [5.41, 5.74) is 0. The van der Waals surface area contributed by atoms with Crippen LogP contribution in [0, 0.1) is 0 Å². The number of aliphatic hydroxyl groups is 1. The van der Waals surface area contributed by atoms with Crippen LogP contribution in [0.5, 0.6) is 0 Å². The molecule has 0 aliphatic carbocycles. The van der Waals surface area contributed by atoms with Crippen LogP contribution in [0.2, 0.25) is 19.6 Å². The molecule has 14 heavy (non-hydrogen) atoms. The van der Waals surface area contributed by atoms with E-state index in [2.05, 4.69) is 19.6 Å². The zero-order chi connectivity index (χ0) is 10.5. The van der Waals surface area contributed by atoms with Gasteiger partial charge in [0.05, 0.1) is 5.76 Å². The second kappa shape index (κ2) is 7.23. The summed E-state index contributed by atoms with van der Waals surface area (Å²) < 4.78 is 5.49. The Kier molecular flexibility index (Phi) is 8.44. The van der Waals surface area contributed by atoms with Crippen LogP contribution in [0.15, 0.2) is 11.8 Å². The molecule has 0 aromatic rings. The Bertz CT molecular complexity index is 205. The Morgan fingerprint density at radius 2 is 1.93 bits per heavy atom. The number of ketones is 1. The predicted octanol–water partition coefficient (Wildman–Crippen LogP) is 2.26. The molecule has 87 valence electrons. The quantitative estimate of drug-likeness (QED) is 0.471. The molecule has 0 aliphatic heterocycles. The molecule has 0 amide bonds. The van der Waals surface area contributed by atoms with E-state index >= 15 is 0 Å². The second-order valence-corrected chi connectivity index (χ2v) is 8.48. The van der Waals surface area contributed by atoms with Crippen molar-refractivity contribution < 1.29 is 31.4 Å². The number of carbonyl (C=O) groups is 1. The standard InChI is InChI=1S/C9H18O3Si.Cu/c1-8(10)7-9(11)5-6-12-13(2,3)4;/h7,10H,5-6H2,1-4H3;/b8-7-;. The SMILES string of the molecule is C/C(O)=C/C(=O)CCO[Si](C)(C)C.[Cu]. The van der Waals surface area contributed by atoms with Crippen molar-refractivity contribution in [2.45, 2.75) is 33.0 Å². The number of allylic oxidation sites excluding steroid dienone is 2. The predicted molar refractivity (Wildman–Crippen MR) is 55.3 cm³/mol. The summed E-state index contributed by atoms with van der Waals surface area (Å²) >= 11 is 0. The normalized spacial score (nSPS) is 12.1. The van der Waals surface area contributed by atoms with Gasteiger partial charge in [-0.15, -0.1) is 0 Å². The third-order valence-electron chi connectivity index (χ3n) is 1.25. The van der Waals surface area contributed by atoms with E-state index < -0.39 is 8.32 Å². The fourth-order valence-electron chi connectivity index (χ4n) is 0.763. The van der Waals surface area contributed by atoms with Crippen LogP contribution < -0.4 is 0 Å². The Morgan fingerprint density at radius 1 is 1.43 bits per heavy atom. The molecule has 0 rings (SSSR count). The van der Waals surface area contributed by atoms with Gasteiger partial charge < -0.3 is 9.53 Å². The first kappa shape index (κ1) is 16.3. The van der Waals surface area contributed by atoms with E-state index in [1.807, 2.05) is 0 Å². The first-order valence-electron chi connectivity index (χ1n) is 4.35. The molecular weight excluding hydrogens is 248 g/mol. The molecule has 1 radical (unpaired) electrons. The molecule has 1 N–H and O–H groups in total. The van der Waals surface area contributed by atoms with Crippen LogP contribution in [0.25, 0.3) is 0 Å². The molecule has 5 heteroatoms. The minimum Gasteiger partial charge on any atom is -0.512 e. The maximum absolute atomic E-state index is 11.0. The summed E-state index contributed by atoms with van der Waals surface area (Å²) in [6.07, 6.45) is 1.58. The Balaban J connectivity index is 0. The molecular formula is C9H18CuO3Si. The number of aliphatic hydroxyl groups excluding tert-OH is 1. The van der Waals surface area contributed by atoms with Crippen molar-refractivity contribution in [2.24, 2.45) is 0 Å². The van der Waals surface area contributed by atoms with Crippen molar-refractivity contribution in [3.05, 3.63) is 11.8 Å². The summed E-state index contributed by atoms with van der Waals surface area (Å²) in [7, 11) is -1.50. The third kappa shape index (κ3) is 11.9. The summed E-state index contributed by atoms with van der Waals surface area (Å²) in [6.45, 7) is 8.16.